The van der Waals surface area contributed by atoms with Gasteiger partial charge in [0.1, 0.15) is 29.9 Å². The van der Waals surface area contributed by atoms with E-state index in [1.165, 1.54) is 43.3 Å². The van der Waals surface area contributed by atoms with Gasteiger partial charge in [-0.15, -0.1) is 11.6 Å². The molecule has 0 fully saturated rings. The van der Waals surface area contributed by atoms with E-state index in [9.17, 15) is 41.8 Å². The normalized spacial score (nSPS) is 10.8. The van der Waals surface area contributed by atoms with Gasteiger partial charge < -0.3 is 34.9 Å². The summed E-state index contributed by atoms with van der Waals surface area (Å²) in [4.78, 5) is 57.3. The van der Waals surface area contributed by atoms with Gasteiger partial charge in [0.15, 0.2) is 56.9 Å². The topological polar surface area (TPSA) is 219 Å². The van der Waals surface area contributed by atoms with Crippen molar-refractivity contribution in [2.24, 2.45) is 0 Å². The van der Waals surface area contributed by atoms with E-state index in [1.807, 2.05) is 20.8 Å². The van der Waals surface area contributed by atoms with Crippen molar-refractivity contribution in [1.82, 2.24) is 23.8 Å². The van der Waals surface area contributed by atoms with Crippen LogP contribution in [0.2, 0.25) is 0 Å². The summed E-state index contributed by atoms with van der Waals surface area (Å²) >= 11 is 8.30. The number of esters is 3. The fourth-order valence-corrected chi connectivity index (χ4v) is 6.75. The van der Waals surface area contributed by atoms with Crippen molar-refractivity contribution in [2.45, 2.75) is 79.6 Å². The minimum atomic E-state index is -1.14. The average Bonchev–Trinajstić information content (AvgIpc) is 3.83. The maximum atomic E-state index is 13.8. The molecule has 1 unspecified atom stereocenters. The van der Waals surface area contributed by atoms with Gasteiger partial charge in [0.2, 0.25) is 0 Å². The number of anilines is 1. The number of ketones is 1. The van der Waals surface area contributed by atoms with Gasteiger partial charge in [-0.05, 0) is 121 Å². The summed E-state index contributed by atoms with van der Waals surface area (Å²) in [6, 6.07) is 12.3. The summed E-state index contributed by atoms with van der Waals surface area (Å²) in [7, 11) is 0. The number of Topliss-reactive ketones (excluding diaryl/α,β-unsaturated/α-hetero) is 1. The van der Waals surface area contributed by atoms with E-state index in [0.29, 0.717) is 46.4 Å². The molecule has 0 amide bonds. The van der Waals surface area contributed by atoms with Crippen LogP contribution in [0.25, 0.3) is 11.3 Å². The van der Waals surface area contributed by atoms with Crippen LogP contribution in [0.15, 0.2) is 73.2 Å². The van der Waals surface area contributed by atoms with Crippen molar-refractivity contribution in [3.63, 3.8) is 0 Å². The second-order valence-corrected chi connectivity index (χ2v) is 16.2. The largest absolute Gasteiger partial charge is 0.504 e. The summed E-state index contributed by atoms with van der Waals surface area (Å²) in [5.41, 5.74) is 10.1. The molecule has 5 aromatic heterocycles. The van der Waals surface area contributed by atoms with Gasteiger partial charge in [-0.3, -0.25) is 13.6 Å². The predicted molar refractivity (Wildman–Crippen MR) is 265 cm³/mol. The highest BCUT2D eigenvalue weighted by Gasteiger charge is 2.23. The number of nitrogens with two attached hydrogens (primary N) is 1. The van der Waals surface area contributed by atoms with Gasteiger partial charge in [0, 0.05) is 29.5 Å². The Labute approximate surface area is 425 Å². The quantitative estimate of drug-likeness (QED) is 0.0361. The molecule has 0 aliphatic rings. The lowest BCUT2D eigenvalue weighted by Crippen LogP contribution is -2.24. The Hall–Kier alpha value is -7.26. The number of pyridine rings is 3. The van der Waals surface area contributed by atoms with E-state index in [0.717, 1.165) is 16.7 Å². The summed E-state index contributed by atoms with van der Waals surface area (Å²) in [6.45, 7) is 15.8. The lowest BCUT2D eigenvalue weighted by Gasteiger charge is -2.11. The molecule has 0 saturated carbocycles. The Morgan fingerprint density at radius 1 is 0.694 bits per heavy atom. The molecule has 0 radical (unpaired) electrons. The molecule has 2 aromatic carbocycles. The molecular weight excluding hydrogens is 1040 g/mol. The molecule has 0 aliphatic carbocycles. The third kappa shape index (κ3) is 16.1. The number of imidazole rings is 2. The average molecular weight is 1090 g/mol. The number of carbonyl (C=O) groups is 4. The number of nitrogen functional groups attached to an aromatic ring is 1. The monoisotopic (exact) mass is 1090 g/mol. The zero-order valence-corrected chi connectivity index (χ0v) is 43.1. The number of ether oxygens (including phenoxy) is 4. The van der Waals surface area contributed by atoms with E-state index in [2.05, 4.69) is 35.6 Å². The highest BCUT2D eigenvalue weighted by Crippen LogP contribution is 2.27. The molecule has 16 nitrogen and oxygen atoms in total. The number of halogens is 6. The highest BCUT2D eigenvalue weighted by molar-refractivity contribution is 9.08. The van der Waals surface area contributed by atoms with Crippen LogP contribution < -0.4 is 10.5 Å². The van der Waals surface area contributed by atoms with Crippen molar-refractivity contribution < 1.29 is 65.9 Å². The van der Waals surface area contributed by atoms with Crippen LogP contribution in [0.3, 0.4) is 0 Å². The molecule has 386 valence electrons. The molecule has 5 heterocycles. The Morgan fingerprint density at radius 2 is 1.14 bits per heavy atom. The summed E-state index contributed by atoms with van der Waals surface area (Å²) in [5, 5.41) is 17.8. The van der Waals surface area contributed by atoms with E-state index in [-0.39, 0.29) is 59.4 Å². The number of rotatable bonds is 11. The number of aromatic nitrogens is 5. The molecule has 1 atom stereocenters. The lowest BCUT2D eigenvalue weighted by atomic mass is 10.2. The second-order valence-electron chi connectivity index (χ2n) is 15.2. The summed E-state index contributed by atoms with van der Waals surface area (Å²) in [5.74, 6) is -3.73. The van der Waals surface area contributed by atoms with E-state index >= 15 is 0 Å². The summed E-state index contributed by atoms with van der Waals surface area (Å²) < 4.78 is 76.1. The Balaban J connectivity index is 0.000000256. The second kappa shape index (κ2) is 28.0. The van der Waals surface area contributed by atoms with Gasteiger partial charge in [0.05, 0.1) is 36.8 Å². The van der Waals surface area contributed by atoms with Crippen LogP contribution >= 0.6 is 27.5 Å². The fourth-order valence-electron chi connectivity index (χ4n) is 6.15. The molecule has 4 N–H and O–H groups in total. The molecule has 7 aromatic rings. The number of fused-ring (bicyclic) bond motifs is 2. The third-order valence-electron chi connectivity index (χ3n) is 9.46. The van der Waals surface area contributed by atoms with Crippen molar-refractivity contribution in [3.05, 3.63) is 147 Å². The standard InChI is InChI=1S/C19H18F2N2O3.C12H14N2O3.C7H5BrF2.C6H9ClO3.C6H8N2O/c1-4-25-19(24)17-12(3)22-18-16(8-11(2)9-23(17)18)26-10-13-14(20)6-5-7-15(13)21;1-4-17-12(16)10-8(3)13-11-9(15)5-7(2)6-14(10)11;8-4-5-6(9)2-1-3-7(5)10;1-3-10-6(9)5(7)4(2)8;1-4-2-5(9)6(7)8-3-4/h5-9H,4,10H2,1-3H3;5-6,15H,4H2,1-3H3;1-3H,4H2;5H,3H2,1-2H3;2-3,9H,1H3,(H2,7,8). The van der Waals surface area contributed by atoms with Crippen LogP contribution in [0.1, 0.15) is 87.9 Å². The molecule has 72 heavy (non-hydrogen) atoms. The van der Waals surface area contributed by atoms with Crippen LogP contribution in [-0.4, -0.2) is 82.9 Å². The number of benzene rings is 2. The zero-order valence-electron chi connectivity index (χ0n) is 40.8. The molecule has 0 aliphatic heterocycles. The number of hydrogen-bond acceptors (Lipinski definition) is 14. The Kier molecular flexibility index (Phi) is 22.9. The number of alkyl halides is 2. The first-order valence-electron chi connectivity index (χ1n) is 21.8. The van der Waals surface area contributed by atoms with Gasteiger partial charge in [0.25, 0.3) is 0 Å². The number of aryl methyl sites for hydroxylation is 5. The third-order valence-corrected chi connectivity index (χ3v) is 10.5. The maximum Gasteiger partial charge on any atom is 0.357 e. The van der Waals surface area contributed by atoms with Crippen LogP contribution in [0.5, 0.6) is 17.2 Å². The van der Waals surface area contributed by atoms with E-state index in [1.54, 1.807) is 80.2 Å². The molecule has 0 bridgehead atoms. The Morgan fingerprint density at radius 3 is 1.57 bits per heavy atom. The van der Waals surface area contributed by atoms with Crippen molar-refractivity contribution in [1.29, 1.82) is 0 Å². The molecular formula is C50H54BrClF4N6O10. The predicted octanol–water partition coefficient (Wildman–Crippen LogP) is 10.1. The number of nitrogens with zero attached hydrogens (tertiary/aromatic N) is 5. The first-order valence-corrected chi connectivity index (χ1v) is 23.4. The van der Waals surface area contributed by atoms with Gasteiger partial charge in [-0.25, -0.2) is 46.9 Å². The molecule has 0 spiro atoms. The van der Waals surface area contributed by atoms with Crippen molar-refractivity contribution in [3.8, 4) is 17.2 Å². The minimum Gasteiger partial charge on any atom is -0.504 e. The van der Waals surface area contributed by atoms with Crippen molar-refractivity contribution in [2.75, 3.05) is 25.6 Å². The van der Waals surface area contributed by atoms with Gasteiger partial charge in [-0.2, -0.15) is 0 Å². The maximum absolute atomic E-state index is 13.8. The number of carbonyl (C=O) groups excluding carboxylic acids is 4. The molecule has 22 heteroatoms. The summed E-state index contributed by atoms with van der Waals surface area (Å²) in [6.07, 6.45) is 5.09. The van der Waals surface area contributed by atoms with Crippen LogP contribution in [-0.2, 0) is 35.7 Å². The number of aromatic hydroxyl groups is 2. The first-order chi connectivity index (χ1) is 34.0. The highest BCUT2D eigenvalue weighted by atomic mass is 79.9. The SMILES string of the molecule is CCOC(=O)C(Cl)C(C)=O.CCOC(=O)c1c(C)nc2c(O)cc(C)cn12.CCOC(=O)c1c(C)nc2c(OCc3c(F)cccc3F)cc(C)cn12.Cc1cnc(N)c(O)c1.Fc1cccc(F)c1CBr. The fraction of sp³-hybridized carbons (Fsp3) is 0.300. The smallest absolute Gasteiger partial charge is 0.357 e. The van der Waals surface area contributed by atoms with Crippen LogP contribution in [0, 0.1) is 57.9 Å². The lowest BCUT2D eigenvalue weighted by molar-refractivity contribution is -0.144. The molecule has 0 saturated heterocycles. The van der Waals surface area contributed by atoms with E-state index < -0.39 is 46.6 Å². The van der Waals surface area contributed by atoms with Gasteiger partial charge in [-0.1, -0.05) is 28.1 Å². The van der Waals surface area contributed by atoms with Crippen LogP contribution in [0.4, 0.5) is 23.4 Å². The van der Waals surface area contributed by atoms with Crippen molar-refractivity contribution >= 4 is 68.3 Å². The van der Waals surface area contributed by atoms with Gasteiger partial charge >= 0.3 is 17.9 Å². The minimum absolute atomic E-state index is 0.0509. The zero-order chi connectivity index (χ0) is 54.0. The Bertz CT molecular complexity index is 2990. The first kappa shape index (κ1) is 59.1. The number of hydrogen-bond donors (Lipinski definition) is 3. The van der Waals surface area contributed by atoms with E-state index in [4.69, 9.17) is 36.7 Å². The molecule has 7 rings (SSSR count).